The van der Waals surface area contributed by atoms with Gasteiger partial charge in [-0.3, -0.25) is 14.0 Å². The molecule has 2 N–H and O–H groups in total. The number of morpholine rings is 1. The summed E-state index contributed by atoms with van der Waals surface area (Å²) in [5.41, 5.74) is 7.54. The Labute approximate surface area is 179 Å². The van der Waals surface area contributed by atoms with Crippen LogP contribution in [0.4, 0.5) is 5.69 Å². The minimum absolute atomic E-state index is 0.00738. The highest BCUT2D eigenvalue weighted by atomic mass is 35.5. The standard InChI is InChI=1S/C20H23Cl2N3O2S/c1-14(26)25(28-18-5-3-16(23)4-6-18)13-17-12-24(8-9-27-17)11-15-2-7-19(21)20(22)10-15/h2-7,10,17H,8-9,11-13,23H2,1H3/t17-/m0/s1. The average Bonchev–Trinajstić information content (AvgIpc) is 2.66. The topological polar surface area (TPSA) is 58.8 Å². The van der Waals surface area contributed by atoms with Crippen LogP contribution in [-0.4, -0.2) is 47.5 Å². The number of halogens is 2. The predicted octanol–water partition coefficient (Wildman–Crippen LogP) is 4.33. The Morgan fingerprint density at radius 2 is 2.00 bits per heavy atom. The third kappa shape index (κ3) is 6.03. The monoisotopic (exact) mass is 439 g/mol. The zero-order chi connectivity index (χ0) is 20.1. The van der Waals surface area contributed by atoms with E-state index < -0.39 is 0 Å². The highest BCUT2D eigenvalue weighted by Crippen LogP contribution is 2.26. The van der Waals surface area contributed by atoms with Crippen LogP contribution >= 0.6 is 35.1 Å². The van der Waals surface area contributed by atoms with E-state index in [2.05, 4.69) is 4.90 Å². The molecule has 0 spiro atoms. The molecule has 0 aliphatic carbocycles. The maximum Gasteiger partial charge on any atom is 0.229 e. The number of carbonyl (C=O) groups is 1. The van der Waals surface area contributed by atoms with E-state index in [-0.39, 0.29) is 12.0 Å². The number of ether oxygens (including phenoxy) is 1. The van der Waals surface area contributed by atoms with Crippen molar-refractivity contribution >= 4 is 46.7 Å². The number of benzene rings is 2. The number of hydrogen-bond donors (Lipinski definition) is 1. The third-order valence-corrected chi connectivity index (χ3v) is 6.28. The summed E-state index contributed by atoms with van der Waals surface area (Å²) >= 11 is 13.5. The largest absolute Gasteiger partial charge is 0.399 e. The normalized spacial score (nSPS) is 17.5. The van der Waals surface area contributed by atoms with Crippen LogP contribution in [0.1, 0.15) is 12.5 Å². The summed E-state index contributed by atoms with van der Waals surface area (Å²) in [6.07, 6.45) is -0.0540. The third-order valence-electron chi connectivity index (χ3n) is 4.43. The Hall–Kier alpha value is -1.44. The molecule has 0 bridgehead atoms. The molecule has 0 radical (unpaired) electrons. The van der Waals surface area contributed by atoms with Gasteiger partial charge in [-0.15, -0.1) is 0 Å². The van der Waals surface area contributed by atoms with Gasteiger partial charge in [-0.05, 0) is 53.9 Å². The molecule has 1 amide bonds. The minimum Gasteiger partial charge on any atom is -0.399 e. The Bertz CT molecular complexity index is 820. The first-order chi connectivity index (χ1) is 13.4. The van der Waals surface area contributed by atoms with Gasteiger partial charge in [-0.25, -0.2) is 0 Å². The fourth-order valence-corrected chi connectivity index (χ4v) is 4.20. The van der Waals surface area contributed by atoms with E-state index in [1.54, 1.807) is 11.2 Å². The van der Waals surface area contributed by atoms with Crippen molar-refractivity contribution in [2.75, 3.05) is 32.0 Å². The molecule has 0 saturated carbocycles. The second kappa shape index (κ2) is 9.85. The number of nitrogen functional groups attached to an aromatic ring is 1. The Morgan fingerprint density at radius 1 is 1.25 bits per heavy atom. The lowest BCUT2D eigenvalue weighted by molar-refractivity contribution is -0.126. The second-order valence-corrected chi connectivity index (χ2v) is 8.63. The molecule has 1 aliphatic heterocycles. The molecule has 2 aromatic rings. The lowest BCUT2D eigenvalue weighted by atomic mass is 10.2. The van der Waals surface area contributed by atoms with E-state index in [1.807, 2.05) is 42.5 Å². The maximum atomic E-state index is 12.1. The smallest absolute Gasteiger partial charge is 0.229 e. The molecule has 1 atom stereocenters. The fourth-order valence-electron chi connectivity index (χ4n) is 3.00. The number of carbonyl (C=O) groups excluding carboxylic acids is 1. The molecular weight excluding hydrogens is 417 g/mol. The average molecular weight is 440 g/mol. The molecule has 3 rings (SSSR count). The van der Waals surface area contributed by atoms with Crippen molar-refractivity contribution in [1.29, 1.82) is 0 Å². The summed E-state index contributed by atoms with van der Waals surface area (Å²) in [4.78, 5) is 15.4. The van der Waals surface area contributed by atoms with Crippen molar-refractivity contribution in [3.63, 3.8) is 0 Å². The van der Waals surface area contributed by atoms with Crippen LogP contribution in [0.15, 0.2) is 47.4 Å². The second-order valence-electron chi connectivity index (χ2n) is 6.72. The first-order valence-electron chi connectivity index (χ1n) is 9.00. The van der Waals surface area contributed by atoms with Crippen molar-refractivity contribution in [3.05, 3.63) is 58.1 Å². The van der Waals surface area contributed by atoms with Gasteiger partial charge in [0.15, 0.2) is 0 Å². The summed E-state index contributed by atoms with van der Waals surface area (Å²) in [5.74, 6) is -0.00738. The summed E-state index contributed by atoms with van der Waals surface area (Å²) in [5, 5.41) is 1.12. The van der Waals surface area contributed by atoms with Gasteiger partial charge >= 0.3 is 0 Å². The minimum atomic E-state index is -0.0540. The Morgan fingerprint density at radius 3 is 2.68 bits per heavy atom. The van der Waals surface area contributed by atoms with Crippen molar-refractivity contribution < 1.29 is 9.53 Å². The Kier molecular flexibility index (Phi) is 7.48. The molecule has 1 fully saturated rings. The molecule has 1 aliphatic rings. The van der Waals surface area contributed by atoms with Gasteiger partial charge in [0.25, 0.3) is 0 Å². The van der Waals surface area contributed by atoms with Crippen LogP contribution in [-0.2, 0) is 16.1 Å². The van der Waals surface area contributed by atoms with Crippen LogP contribution in [0.3, 0.4) is 0 Å². The molecule has 150 valence electrons. The first-order valence-corrected chi connectivity index (χ1v) is 10.5. The van der Waals surface area contributed by atoms with Crippen LogP contribution in [0.5, 0.6) is 0 Å². The van der Waals surface area contributed by atoms with Crippen molar-refractivity contribution in [3.8, 4) is 0 Å². The predicted molar refractivity (Wildman–Crippen MR) is 116 cm³/mol. The van der Waals surface area contributed by atoms with Gasteiger partial charge in [0.05, 0.1) is 29.3 Å². The van der Waals surface area contributed by atoms with Crippen molar-refractivity contribution in [2.45, 2.75) is 24.5 Å². The molecule has 0 aromatic heterocycles. The molecule has 2 aromatic carbocycles. The number of anilines is 1. The van der Waals surface area contributed by atoms with E-state index in [9.17, 15) is 4.79 Å². The number of amides is 1. The van der Waals surface area contributed by atoms with Gasteiger partial charge < -0.3 is 10.5 Å². The first kappa shape index (κ1) is 21.3. The summed E-state index contributed by atoms with van der Waals surface area (Å²) in [6.45, 7) is 5.06. The van der Waals surface area contributed by atoms with Gasteiger partial charge in [0.1, 0.15) is 0 Å². The molecule has 1 heterocycles. The molecule has 1 saturated heterocycles. The van der Waals surface area contributed by atoms with Gasteiger partial charge in [0.2, 0.25) is 5.91 Å². The zero-order valence-electron chi connectivity index (χ0n) is 15.6. The van der Waals surface area contributed by atoms with Crippen molar-refractivity contribution in [2.24, 2.45) is 0 Å². The lowest BCUT2D eigenvalue weighted by Gasteiger charge is -2.35. The molecule has 8 heteroatoms. The van der Waals surface area contributed by atoms with Crippen LogP contribution in [0.2, 0.25) is 10.0 Å². The lowest BCUT2D eigenvalue weighted by Crippen LogP contribution is -2.46. The highest BCUT2D eigenvalue weighted by Gasteiger charge is 2.24. The highest BCUT2D eigenvalue weighted by molar-refractivity contribution is 7.97. The van der Waals surface area contributed by atoms with Crippen LogP contribution < -0.4 is 5.73 Å². The SMILES string of the molecule is CC(=O)N(C[C@@H]1CN(Cc2ccc(Cl)c(Cl)c2)CCO1)Sc1ccc(N)cc1. The summed E-state index contributed by atoms with van der Waals surface area (Å²) < 4.78 is 7.65. The maximum absolute atomic E-state index is 12.1. The number of nitrogens with zero attached hydrogens (tertiary/aromatic N) is 2. The van der Waals surface area contributed by atoms with E-state index in [0.29, 0.717) is 28.9 Å². The van der Waals surface area contributed by atoms with E-state index in [1.165, 1.54) is 11.9 Å². The van der Waals surface area contributed by atoms with E-state index in [0.717, 1.165) is 30.1 Å². The van der Waals surface area contributed by atoms with Gasteiger partial charge in [-0.1, -0.05) is 29.3 Å². The van der Waals surface area contributed by atoms with Gasteiger partial charge in [0, 0.05) is 37.1 Å². The quantitative estimate of drug-likeness (QED) is 0.535. The molecular formula is C20H23Cl2N3O2S. The number of hydrogen-bond acceptors (Lipinski definition) is 5. The zero-order valence-corrected chi connectivity index (χ0v) is 17.9. The summed E-state index contributed by atoms with van der Waals surface area (Å²) in [7, 11) is 0. The molecule has 5 nitrogen and oxygen atoms in total. The van der Waals surface area contributed by atoms with Crippen LogP contribution in [0.25, 0.3) is 0 Å². The van der Waals surface area contributed by atoms with Crippen molar-refractivity contribution in [1.82, 2.24) is 9.21 Å². The molecule has 0 unspecified atom stereocenters. The fraction of sp³-hybridized carbons (Fsp3) is 0.350. The van der Waals surface area contributed by atoms with Gasteiger partial charge in [-0.2, -0.15) is 0 Å². The number of rotatable bonds is 6. The van der Waals surface area contributed by atoms with Crippen LogP contribution in [0, 0.1) is 0 Å². The Balaban J connectivity index is 1.59. The van der Waals surface area contributed by atoms with E-state index >= 15 is 0 Å². The summed E-state index contributed by atoms with van der Waals surface area (Å²) in [6, 6.07) is 13.2. The van der Waals surface area contributed by atoms with E-state index in [4.69, 9.17) is 33.7 Å². The number of nitrogens with two attached hydrogens (primary N) is 1. The molecule has 28 heavy (non-hydrogen) atoms.